The minimum absolute atomic E-state index is 0.332. The van der Waals surface area contributed by atoms with Gasteiger partial charge in [-0.15, -0.1) is 0 Å². The molecular formula is C9H17F3N2O2. The van der Waals surface area contributed by atoms with Gasteiger partial charge in [0.1, 0.15) is 6.54 Å². The number of halogens is 3. The SMILES string of the molecule is CCCC(N)C(=O)N(CCO)CC(F)(F)F. The highest BCUT2D eigenvalue weighted by Gasteiger charge is 2.34. The Bertz CT molecular complexity index is 221. The van der Waals surface area contributed by atoms with Crippen molar-refractivity contribution in [2.24, 2.45) is 5.73 Å². The molecule has 1 unspecified atom stereocenters. The molecule has 0 spiro atoms. The van der Waals surface area contributed by atoms with Gasteiger partial charge in [-0.3, -0.25) is 4.79 Å². The lowest BCUT2D eigenvalue weighted by Crippen LogP contribution is -2.48. The lowest BCUT2D eigenvalue weighted by Gasteiger charge is -2.25. The van der Waals surface area contributed by atoms with E-state index in [1.807, 2.05) is 0 Å². The molecule has 4 nitrogen and oxygen atoms in total. The van der Waals surface area contributed by atoms with E-state index in [1.165, 1.54) is 0 Å². The van der Waals surface area contributed by atoms with E-state index >= 15 is 0 Å². The quantitative estimate of drug-likeness (QED) is 0.712. The van der Waals surface area contributed by atoms with Crippen LogP contribution in [0.15, 0.2) is 0 Å². The zero-order valence-electron chi connectivity index (χ0n) is 9.13. The third-order valence-corrected chi connectivity index (χ3v) is 1.97. The van der Waals surface area contributed by atoms with Gasteiger partial charge in [-0.05, 0) is 6.42 Å². The van der Waals surface area contributed by atoms with Gasteiger partial charge >= 0.3 is 6.18 Å². The summed E-state index contributed by atoms with van der Waals surface area (Å²) in [6.07, 6.45) is -3.53. The molecule has 0 radical (unpaired) electrons. The van der Waals surface area contributed by atoms with Crippen molar-refractivity contribution in [2.45, 2.75) is 32.0 Å². The van der Waals surface area contributed by atoms with Gasteiger partial charge in [0.25, 0.3) is 0 Å². The molecule has 1 atom stereocenters. The van der Waals surface area contributed by atoms with Gasteiger partial charge in [-0.25, -0.2) is 0 Å². The van der Waals surface area contributed by atoms with Crippen LogP contribution in [0.25, 0.3) is 0 Å². The van der Waals surface area contributed by atoms with Crippen LogP contribution in [0.5, 0.6) is 0 Å². The number of hydrogen-bond acceptors (Lipinski definition) is 3. The van der Waals surface area contributed by atoms with E-state index in [0.29, 0.717) is 17.7 Å². The number of nitrogens with two attached hydrogens (primary N) is 1. The second-order valence-corrected chi connectivity index (χ2v) is 3.49. The predicted molar refractivity (Wildman–Crippen MR) is 52.6 cm³/mol. The first-order valence-electron chi connectivity index (χ1n) is 5.03. The Kier molecular flexibility index (Phi) is 6.35. The van der Waals surface area contributed by atoms with Crippen LogP contribution < -0.4 is 5.73 Å². The molecule has 0 heterocycles. The lowest BCUT2D eigenvalue weighted by atomic mass is 10.1. The van der Waals surface area contributed by atoms with Gasteiger partial charge < -0.3 is 15.7 Å². The number of aliphatic hydroxyl groups is 1. The van der Waals surface area contributed by atoms with Crippen molar-refractivity contribution >= 4 is 5.91 Å². The molecule has 0 aliphatic heterocycles. The van der Waals surface area contributed by atoms with Crippen LogP contribution in [0, 0.1) is 0 Å². The van der Waals surface area contributed by atoms with Crippen molar-refractivity contribution in [3.8, 4) is 0 Å². The molecule has 0 bridgehead atoms. The molecule has 0 rings (SSSR count). The molecule has 0 aromatic carbocycles. The smallest absolute Gasteiger partial charge is 0.395 e. The summed E-state index contributed by atoms with van der Waals surface area (Å²) in [5.74, 6) is -0.770. The molecule has 0 saturated carbocycles. The molecular weight excluding hydrogens is 225 g/mol. The number of amides is 1. The number of hydrogen-bond donors (Lipinski definition) is 2. The van der Waals surface area contributed by atoms with E-state index in [1.54, 1.807) is 6.92 Å². The van der Waals surface area contributed by atoms with Crippen LogP contribution in [-0.4, -0.2) is 47.8 Å². The van der Waals surface area contributed by atoms with Crippen molar-refractivity contribution < 1.29 is 23.1 Å². The Balaban J connectivity index is 4.46. The lowest BCUT2D eigenvalue weighted by molar-refractivity contribution is -0.162. The zero-order chi connectivity index (χ0) is 12.8. The van der Waals surface area contributed by atoms with Crippen LogP contribution in [0.1, 0.15) is 19.8 Å². The number of carbonyl (C=O) groups is 1. The normalized spacial score (nSPS) is 13.6. The standard InChI is InChI=1S/C9H17F3N2O2/c1-2-3-7(13)8(16)14(4-5-15)6-9(10,11)12/h7,15H,2-6,13H2,1H3. The Labute approximate surface area is 92.2 Å². The predicted octanol–water partition coefficient (Wildman–Crippen LogP) is 0.497. The Morgan fingerprint density at radius 1 is 1.50 bits per heavy atom. The largest absolute Gasteiger partial charge is 0.406 e. The highest BCUT2D eigenvalue weighted by Crippen LogP contribution is 2.17. The summed E-state index contributed by atoms with van der Waals surface area (Å²) in [6, 6.07) is -0.932. The van der Waals surface area contributed by atoms with E-state index in [2.05, 4.69) is 0 Å². The summed E-state index contributed by atoms with van der Waals surface area (Å²) in [6.45, 7) is -0.451. The molecule has 96 valence electrons. The van der Waals surface area contributed by atoms with E-state index in [9.17, 15) is 18.0 Å². The summed E-state index contributed by atoms with van der Waals surface area (Å²) in [5, 5.41) is 8.59. The van der Waals surface area contributed by atoms with Crippen LogP contribution in [-0.2, 0) is 4.79 Å². The maximum absolute atomic E-state index is 12.1. The summed E-state index contributed by atoms with van der Waals surface area (Å²) >= 11 is 0. The fourth-order valence-corrected chi connectivity index (χ4v) is 1.27. The van der Waals surface area contributed by atoms with Gasteiger partial charge in [-0.2, -0.15) is 13.2 Å². The molecule has 0 fully saturated rings. The molecule has 0 aromatic rings. The average Bonchev–Trinajstić information content (AvgIpc) is 2.14. The Morgan fingerprint density at radius 3 is 2.44 bits per heavy atom. The van der Waals surface area contributed by atoms with Gasteiger partial charge in [0.15, 0.2) is 0 Å². The monoisotopic (exact) mass is 242 g/mol. The van der Waals surface area contributed by atoms with Crippen molar-refractivity contribution in [3.63, 3.8) is 0 Å². The fraction of sp³-hybridized carbons (Fsp3) is 0.889. The topological polar surface area (TPSA) is 66.6 Å². The Morgan fingerprint density at radius 2 is 2.06 bits per heavy atom. The van der Waals surface area contributed by atoms with Crippen molar-refractivity contribution in [2.75, 3.05) is 19.7 Å². The van der Waals surface area contributed by atoms with E-state index in [-0.39, 0.29) is 6.54 Å². The molecule has 0 aromatic heterocycles. The van der Waals surface area contributed by atoms with Crippen molar-refractivity contribution in [1.29, 1.82) is 0 Å². The van der Waals surface area contributed by atoms with Crippen LogP contribution >= 0.6 is 0 Å². The van der Waals surface area contributed by atoms with Crippen molar-refractivity contribution in [1.82, 2.24) is 4.90 Å². The molecule has 3 N–H and O–H groups in total. The zero-order valence-corrected chi connectivity index (χ0v) is 9.13. The third-order valence-electron chi connectivity index (χ3n) is 1.97. The molecule has 0 saturated heterocycles. The highest BCUT2D eigenvalue weighted by atomic mass is 19.4. The number of carbonyl (C=O) groups excluding carboxylic acids is 1. The first-order valence-corrected chi connectivity index (χ1v) is 5.03. The number of nitrogens with zero attached hydrogens (tertiary/aromatic N) is 1. The summed E-state index contributed by atoms with van der Waals surface area (Å²) < 4.78 is 36.4. The molecule has 7 heteroatoms. The van der Waals surface area contributed by atoms with Crippen LogP contribution in [0.4, 0.5) is 13.2 Å². The summed E-state index contributed by atoms with van der Waals surface area (Å²) in [4.78, 5) is 12.0. The molecule has 0 aliphatic carbocycles. The minimum Gasteiger partial charge on any atom is -0.395 e. The summed E-state index contributed by atoms with van der Waals surface area (Å²) in [7, 11) is 0. The Hall–Kier alpha value is -0.820. The first-order chi connectivity index (χ1) is 7.31. The van der Waals surface area contributed by atoms with Gasteiger partial charge in [0.05, 0.1) is 12.6 Å². The number of alkyl halides is 3. The third kappa shape index (κ3) is 5.92. The van der Waals surface area contributed by atoms with Crippen LogP contribution in [0.2, 0.25) is 0 Å². The van der Waals surface area contributed by atoms with Gasteiger partial charge in [0, 0.05) is 6.54 Å². The minimum atomic E-state index is -4.48. The van der Waals surface area contributed by atoms with Gasteiger partial charge in [-0.1, -0.05) is 13.3 Å². The number of rotatable bonds is 6. The first kappa shape index (κ1) is 15.2. The average molecular weight is 242 g/mol. The molecule has 0 aliphatic rings. The second kappa shape index (κ2) is 6.70. The molecule has 16 heavy (non-hydrogen) atoms. The van der Waals surface area contributed by atoms with Gasteiger partial charge in [0.2, 0.25) is 5.91 Å². The maximum Gasteiger partial charge on any atom is 0.406 e. The van der Waals surface area contributed by atoms with E-state index in [0.717, 1.165) is 0 Å². The summed E-state index contributed by atoms with van der Waals surface area (Å²) in [5.41, 5.74) is 5.44. The molecule has 1 amide bonds. The number of aliphatic hydroxyl groups excluding tert-OH is 1. The van der Waals surface area contributed by atoms with Crippen molar-refractivity contribution in [3.05, 3.63) is 0 Å². The highest BCUT2D eigenvalue weighted by molar-refractivity contribution is 5.81. The second-order valence-electron chi connectivity index (χ2n) is 3.49. The maximum atomic E-state index is 12.1. The fourth-order valence-electron chi connectivity index (χ4n) is 1.27. The van der Waals surface area contributed by atoms with E-state index < -0.39 is 31.3 Å². The van der Waals surface area contributed by atoms with E-state index in [4.69, 9.17) is 10.8 Å². The van der Waals surface area contributed by atoms with Crippen LogP contribution in [0.3, 0.4) is 0 Å².